The van der Waals surface area contributed by atoms with Gasteiger partial charge in [-0.05, 0) is 87.9 Å². The van der Waals surface area contributed by atoms with Gasteiger partial charge in [0.25, 0.3) is 0 Å². The molecular weight excluding hydrogens is 376 g/mol. The molecule has 4 nitrogen and oxygen atoms in total. The van der Waals surface area contributed by atoms with Crippen LogP contribution in [0.3, 0.4) is 0 Å². The van der Waals surface area contributed by atoms with E-state index in [1.807, 2.05) is 0 Å². The molecular formula is C26H40O4. The predicted molar refractivity (Wildman–Crippen MR) is 121 cm³/mol. The second-order valence-electron chi connectivity index (χ2n) is 10.9. The van der Waals surface area contributed by atoms with Gasteiger partial charge < -0.3 is 20.1 Å². The second kappa shape index (κ2) is 8.38. The zero-order valence-corrected chi connectivity index (χ0v) is 19.4. The summed E-state index contributed by atoms with van der Waals surface area (Å²) in [6.07, 6.45) is 10.8. The molecule has 0 bridgehead atoms. The average Bonchev–Trinajstić information content (AvgIpc) is 3.00. The monoisotopic (exact) mass is 416 g/mol. The maximum Gasteiger partial charge on any atom is 0.0842 e. The minimum absolute atomic E-state index is 0.0499. The highest BCUT2D eigenvalue weighted by molar-refractivity contribution is 5.41. The van der Waals surface area contributed by atoms with Crippen LogP contribution in [0.15, 0.2) is 47.1 Å². The lowest BCUT2D eigenvalue weighted by Gasteiger charge is -2.45. The van der Waals surface area contributed by atoms with Crippen molar-refractivity contribution < 1.29 is 20.1 Å². The molecule has 3 aliphatic carbocycles. The molecule has 0 spiro atoms. The van der Waals surface area contributed by atoms with Crippen LogP contribution in [-0.2, 0) is 4.74 Å². The molecule has 4 atom stereocenters. The zero-order chi connectivity index (χ0) is 22.3. The summed E-state index contributed by atoms with van der Waals surface area (Å²) >= 11 is 0. The van der Waals surface area contributed by atoms with Crippen molar-refractivity contribution in [2.45, 2.75) is 96.6 Å². The van der Waals surface area contributed by atoms with Crippen molar-refractivity contribution in [1.29, 1.82) is 0 Å². The largest absolute Gasteiger partial charge is 0.393 e. The van der Waals surface area contributed by atoms with Gasteiger partial charge in [-0.2, -0.15) is 0 Å². The molecule has 0 aromatic heterocycles. The molecule has 0 saturated heterocycles. The minimum atomic E-state index is -0.849. The molecule has 168 valence electrons. The number of rotatable bonds is 5. The Kier molecular flexibility index (Phi) is 6.56. The third-order valence-corrected chi connectivity index (χ3v) is 7.25. The normalized spacial score (nSPS) is 35.7. The van der Waals surface area contributed by atoms with Gasteiger partial charge in [-0.25, -0.2) is 0 Å². The van der Waals surface area contributed by atoms with Crippen molar-refractivity contribution in [3.8, 4) is 0 Å². The first-order valence-electron chi connectivity index (χ1n) is 11.4. The summed E-state index contributed by atoms with van der Waals surface area (Å²) in [5.74, 6) is 0.440. The maximum atomic E-state index is 10.1. The zero-order valence-electron chi connectivity index (χ0n) is 19.4. The lowest BCUT2D eigenvalue weighted by Crippen LogP contribution is -2.42. The van der Waals surface area contributed by atoms with E-state index < -0.39 is 23.4 Å². The first kappa shape index (κ1) is 23.5. The van der Waals surface area contributed by atoms with E-state index in [1.54, 1.807) is 13.8 Å². The molecule has 0 amide bonds. The van der Waals surface area contributed by atoms with E-state index >= 15 is 0 Å². The number of fused-ring (bicyclic) bond motifs is 1. The van der Waals surface area contributed by atoms with Crippen LogP contribution >= 0.6 is 0 Å². The molecule has 3 N–H and O–H groups in total. The Bertz CT molecular complexity index is 764. The van der Waals surface area contributed by atoms with Crippen LogP contribution in [0, 0.1) is 11.3 Å². The molecule has 2 saturated carbocycles. The Morgan fingerprint density at radius 3 is 2.60 bits per heavy atom. The van der Waals surface area contributed by atoms with Crippen LogP contribution in [-0.4, -0.2) is 45.3 Å². The maximum absolute atomic E-state index is 10.1. The van der Waals surface area contributed by atoms with Crippen molar-refractivity contribution in [3.05, 3.63) is 47.1 Å². The average molecular weight is 417 g/mol. The molecule has 3 aliphatic rings. The first-order valence-corrected chi connectivity index (χ1v) is 11.4. The third kappa shape index (κ3) is 4.83. The van der Waals surface area contributed by atoms with Gasteiger partial charge in [0.15, 0.2) is 0 Å². The van der Waals surface area contributed by atoms with E-state index in [4.69, 9.17) is 4.74 Å². The van der Waals surface area contributed by atoms with E-state index in [0.29, 0.717) is 25.4 Å². The number of allylic oxidation sites excluding steroid dienone is 4. The lowest BCUT2D eigenvalue weighted by molar-refractivity contribution is -0.0828. The van der Waals surface area contributed by atoms with Gasteiger partial charge in [-0.15, -0.1) is 0 Å². The molecule has 2 fully saturated rings. The predicted octanol–water partition coefficient (Wildman–Crippen LogP) is 4.61. The number of hydrogen-bond acceptors (Lipinski definition) is 4. The molecule has 0 radical (unpaired) electrons. The van der Waals surface area contributed by atoms with Crippen LogP contribution in [0.5, 0.6) is 0 Å². The Morgan fingerprint density at radius 1 is 1.23 bits per heavy atom. The van der Waals surface area contributed by atoms with Crippen LogP contribution in [0.25, 0.3) is 0 Å². The molecule has 30 heavy (non-hydrogen) atoms. The molecule has 4 heteroatoms. The van der Waals surface area contributed by atoms with Crippen molar-refractivity contribution in [1.82, 2.24) is 0 Å². The van der Waals surface area contributed by atoms with Crippen LogP contribution in [0.1, 0.15) is 73.1 Å². The fourth-order valence-electron chi connectivity index (χ4n) is 5.65. The Balaban J connectivity index is 1.81. The molecule has 0 aliphatic heterocycles. The van der Waals surface area contributed by atoms with Crippen molar-refractivity contribution in [2.75, 3.05) is 6.61 Å². The summed E-state index contributed by atoms with van der Waals surface area (Å²) in [5.41, 5.74) is 3.25. The Morgan fingerprint density at radius 2 is 1.93 bits per heavy atom. The van der Waals surface area contributed by atoms with Crippen LogP contribution < -0.4 is 0 Å². The fraction of sp³-hybridized carbons (Fsp3) is 0.692. The lowest BCUT2D eigenvalue weighted by atomic mass is 9.62. The SMILES string of the molecule is C=C1C(=CC=C2CCC[C@]3(C)C(C(C)(C)OCC(C)(C)O)=CC[C@@H]23)C[C@@H](O)C[C@@H]1O. The van der Waals surface area contributed by atoms with Crippen molar-refractivity contribution in [3.63, 3.8) is 0 Å². The molecule has 0 unspecified atom stereocenters. The van der Waals surface area contributed by atoms with Crippen molar-refractivity contribution in [2.24, 2.45) is 11.3 Å². The highest BCUT2D eigenvalue weighted by Gasteiger charge is 2.49. The van der Waals surface area contributed by atoms with Gasteiger partial charge in [0, 0.05) is 6.42 Å². The minimum Gasteiger partial charge on any atom is -0.393 e. The van der Waals surface area contributed by atoms with Gasteiger partial charge in [-0.1, -0.05) is 37.3 Å². The molecule has 0 aromatic rings. The summed E-state index contributed by atoms with van der Waals surface area (Å²) in [6, 6.07) is 0. The Hall–Kier alpha value is -1.20. The van der Waals surface area contributed by atoms with E-state index in [0.717, 1.165) is 36.8 Å². The third-order valence-electron chi connectivity index (χ3n) is 7.25. The van der Waals surface area contributed by atoms with E-state index in [2.05, 4.69) is 45.6 Å². The summed E-state index contributed by atoms with van der Waals surface area (Å²) in [5, 5.41) is 30.3. The van der Waals surface area contributed by atoms with Crippen LogP contribution in [0.4, 0.5) is 0 Å². The van der Waals surface area contributed by atoms with Gasteiger partial charge in [0.1, 0.15) is 0 Å². The molecule has 0 heterocycles. The summed E-state index contributed by atoms with van der Waals surface area (Å²) in [4.78, 5) is 0. The fourth-order valence-corrected chi connectivity index (χ4v) is 5.65. The highest BCUT2D eigenvalue weighted by Crippen LogP contribution is 2.57. The van der Waals surface area contributed by atoms with E-state index in [1.165, 1.54) is 11.1 Å². The second-order valence-corrected chi connectivity index (χ2v) is 10.9. The topological polar surface area (TPSA) is 69.9 Å². The van der Waals surface area contributed by atoms with Crippen molar-refractivity contribution >= 4 is 0 Å². The van der Waals surface area contributed by atoms with Gasteiger partial charge in [-0.3, -0.25) is 0 Å². The summed E-state index contributed by atoms with van der Waals surface area (Å²) in [7, 11) is 0. The smallest absolute Gasteiger partial charge is 0.0842 e. The molecule has 3 rings (SSSR count). The summed E-state index contributed by atoms with van der Waals surface area (Å²) < 4.78 is 6.20. The number of aliphatic hydroxyl groups excluding tert-OH is 2. The van der Waals surface area contributed by atoms with E-state index in [-0.39, 0.29) is 5.41 Å². The first-order chi connectivity index (χ1) is 13.8. The van der Waals surface area contributed by atoms with Gasteiger partial charge >= 0.3 is 0 Å². The van der Waals surface area contributed by atoms with Gasteiger partial charge in [0.05, 0.1) is 30.0 Å². The number of aliphatic hydroxyl groups is 3. The number of ether oxygens (including phenoxy) is 1. The van der Waals surface area contributed by atoms with E-state index in [9.17, 15) is 15.3 Å². The van der Waals surface area contributed by atoms with Gasteiger partial charge in [0.2, 0.25) is 0 Å². The standard InChI is InChI=1S/C26H40O4/c1-17-19(14-20(27)15-22(17)28)10-9-18-8-7-13-26(6)21(18)11-12-23(26)25(4,5)30-16-24(2,3)29/h9-10,12,20-22,27-29H,1,7-8,11,13-16H2,2-6H3/t20-,21+,22+,26+/m1/s1. The quantitative estimate of drug-likeness (QED) is 0.572. The number of hydrogen-bond donors (Lipinski definition) is 3. The van der Waals surface area contributed by atoms with Crippen LogP contribution in [0.2, 0.25) is 0 Å². The Labute approximate surface area is 182 Å². The summed E-state index contributed by atoms with van der Waals surface area (Å²) in [6.45, 7) is 14.5. The molecule has 0 aromatic carbocycles. The highest BCUT2D eigenvalue weighted by atomic mass is 16.5.